The van der Waals surface area contributed by atoms with Gasteiger partial charge in [0.1, 0.15) is 17.7 Å². The van der Waals surface area contributed by atoms with Crippen LogP contribution in [0.4, 0.5) is 19.3 Å². The molecule has 1 amide bonds. The Kier molecular flexibility index (Phi) is 7.82. The number of anilines is 1. The van der Waals surface area contributed by atoms with Crippen LogP contribution in [0.2, 0.25) is 0 Å². The Labute approximate surface area is 210 Å². The number of hydrogen-bond acceptors (Lipinski definition) is 6. The molecule has 1 heterocycles. The van der Waals surface area contributed by atoms with E-state index < -0.39 is 29.0 Å². The van der Waals surface area contributed by atoms with Gasteiger partial charge in [-0.3, -0.25) is 9.69 Å². The number of unbranched alkanes of at least 4 members (excludes halogenated alkanes) is 1. The molecular weight excluding hydrogens is 484 g/mol. The Morgan fingerprint density at radius 1 is 1.00 bits per heavy atom. The second-order valence-electron chi connectivity index (χ2n) is 8.08. The topological polar surface area (TPSA) is 99.3 Å². The summed E-state index contributed by atoms with van der Waals surface area (Å²) in [5, 5.41) is 7.10. The number of para-hydroxylation sites is 1. The highest BCUT2D eigenvalue weighted by molar-refractivity contribution is 5.95. The molecule has 0 saturated heterocycles. The summed E-state index contributed by atoms with van der Waals surface area (Å²) >= 11 is 0. The molecule has 0 aliphatic rings. The highest BCUT2D eigenvalue weighted by atomic mass is 19.1. The van der Waals surface area contributed by atoms with Crippen LogP contribution >= 0.6 is 0 Å². The van der Waals surface area contributed by atoms with Gasteiger partial charge in [-0.15, -0.1) is 4.68 Å². The number of amides is 1. The number of aromatic nitrogens is 4. The molecule has 190 valence electrons. The number of aryl methyl sites for hydroxylation is 1. The smallest absolute Gasteiger partial charge is 0.377 e. The molecular formula is C26H23F2N5O4. The van der Waals surface area contributed by atoms with E-state index >= 15 is 0 Å². The van der Waals surface area contributed by atoms with Crippen LogP contribution in [0.25, 0.3) is 5.69 Å². The maximum atomic E-state index is 14.3. The molecule has 0 fully saturated rings. The summed E-state index contributed by atoms with van der Waals surface area (Å²) in [6.45, 7) is 0.137. The number of methoxy groups -OCH3 is 1. The van der Waals surface area contributed by atoms with Gasteiger partial charge in [0.25, 0.3) is 0 Å². The number of aldehydes is 1. The molecule has 37 heavy (non-hydrogen) atoms. The van der Waals surface area contributed by atoms with E-state index in [-0.39, 0.29) is 23.5 Å². The lowest BCUT2D eigenvalue weighted by Crippen LogP contribution is -2.42. The quantitative estimate of drug-likeness (QED) is 0.193. The average molecular weight is 507 g/mol. The highest BCUT2D eigenvalue weighted by Crippen LogP contribution is 2.30. The molecule has 0 unspecified atom stereocenters. The van der Waals surface area contributed by atoms with Crippen molar-refractivity contribution >= 4 is 18.0 Å². The first-order valence-electron chi connectivity index (χ1n) is 11.4. The molecule has 0 atom stereocenters. The third-order valence-electron chi connectivity index (χ3n) is 5.71. The molecule has 0 saturated carbocycles. The summed E-state index contributed by atoms with van der Waals surface area (Å²) in [4.78, 5) is 39.2. The van der Waals surface area contributed by atoms with Gasteiger partial charge in [-0.1, -0.05) is 36.4 Å². The molecule has 4 aromatic rings. The fourth-order valence-electron chi connectivity index (χ4n) is 3.87. The lowest BCUT2D eigenvalue weighted by molar-refractivity contribution is 0.112. The summed E-state index contributed by atoms with van der Waals surface area (Å²) in [7, 11) is 1.40. The fourth-order valence-corrected chi connectivity index (χ4v) is 3.87. The number of ether oxygens (including phenoxy) is 1. The van der Waals surface area contributed by atoms with E-state index in [2.05, 4.69) is 10.4 Å². The third-order valence-corrected chi connectivity index (χ3v) is 5.71. The number of tetrazole rings is 1. The average Bonchev–Trinajstić information content (AvgIpc) is 3.29. The molecule has 9 nitrogen and oxygen atoms in total. The summed E-state index contributed by atoms with van der Waals surface area (Å²) in [5.41, 5.74) is -0.264. The van der Waals surface area contributed by atoms with Gasteiger partial charge < -0.3 is 4.74 Å². The van der Waals surface area contributed by atoms with Crippen LogP contribution in [-0.4, -0.2) is 45.8 Å². The van der Waals surface area contributed by atoms with Gasteiger partial charge in [-0.2, -0.15) is 4.68 Å². The zero-order chi connectivity index (χ0) is 26.4. The van der Waals surface area contributed by atoms with Crippen molar-refractivity contribution in [3.8, 4) is 11.4 Å². The molecule has 3 aromatic carbocycles. The molecule has 0 aliphatic carbocycles. The van der Waals surface area contributed by atoms with Gasteiger partial charge in [0.05, 0.1) is 12.8 Å². The minimum absolute atomic E-state index is 0.137. The Balaban J connectivity index is 1.68. The number of carbonyl (C=O) groups excluding carboxylic acids is 2. The zero-order valence-electron chi connectivity index (χ0n) is 19.9. The van der Waals surface area contributed by atoms with E-state index in [1.54, 1.807) is 0 Å². The first-order chi connectivity index (χ1) is 17.9. The number of halogens is 2. The van der Waals surface area contributed by atoms with Gasteiger partial charge in [0.15, 0.2) is 11.6 Å². The SMILES string of the molecule is COc1ccc(C=O)cc1N(CCCCc1ccccc1)C(=O)n1nnn(-c2c(F)cccc2F)c1=O. The maximum absolute atomic E-state index is 14.3. The standard InChI is InChI=1S/C26H23F2N5O4/c1-37-23-14-13-19(17-34)16-22(23)31(15-6-5-10-18-8-3-2-4-9-18)25(35)33-26(36)32(29-30-33)24-20(27)11-7-12-21(24)28/h2-4,7-9,11-14,16-17H,5-6,10,15H2,1H3. The number of carbonyl (C=O) groups is 2. The minimum Gasteiger partial charge on any atom is -0.495 e. The van der Waals surface area contributed by atoms with Crippen molar-refractivity contribution in [3.05, 3.63) is 100.0 Å². The summed E-state index contributed by atoms with van der Waals surface area (Å²) in [6.07, 6.45) is 2.62. The van der Waals surface area contributed by atoms with Crippen molar-refractivity contribution in [1.82, 2.24) is 19.8 Å². The fraction of sp³-hybridized carbons (Fsp3) is 0.192. The van der Waals surface area contributed by atoms with Crippen LogP contribution in [0, 0.1) is 11.6 Å². The predicted octanol–water partition coefficient (Wildman–Crippen LogP) is 4.03. The van der Waals surface area contributed by atoms with Gasteiger partial charge in [0.2, 0.25) is 0 Å². The summed E-state index contributed by atoms with van der Waals surface area (Å²) in [6, 6.07) is 16.4. The molecule has 4 rings (SSSR count). The minimum atomic E-state index is -1.16. The largest absolute Gasteiger partial charge is 0.495 e. The Hall–Kier alpha value is -4.67. The van der Waals surface area contributed by atoms with Crippen LogP contribution in [0.15, 0.2) is 71.5 Å². The second kappa shape index (κ2) is 11.4. The number of hydrogen-bond donors (Lipinski definition) is 0. The van der Waals surface area contributed by atoms with E-state index in [1.165, 1.54) is 30.2 Å². The lowest BCUT2D eigenvalue weighted by atomic mass is 10.1. The maximum Gasteiger partial charge on any atom is 0.377 e. The third kappa shape index (κ3) is 5.45. The van der Waals surface area contributed by atoms with Gasteiger partial charge in [-0.25, -0.2) is 18.4 Å². The molecule has 0 bridgehead atoms. The molecule has 0 radical (unpaired) electrons. The van der Waals surface area contributed by atoms with Crippen molar-refractivity contribution in [2.45, 2.75) is 19.3 Å². The molecule has 0 N–H and O–H groups in total. The Bertz CT molecular complexity index is 1450. The lowest BCUT2D eigenvalue weighted by Gasteiger charge is -2.24. The molecule has 1 aromatic heterocycles. The van der Waals surface area contributed by atoms with Crippen molar-refractivity contribution in [3.63, 3.8) is 0 Å². The van der Waals surface area contributed by atoms with E-state index in [4.69, 9.17) is 4.74 Å². The first kappa shape index (κ1) is 25.4. The van der Waals surface area contributed by atoms with Crippen LogP contribution in [0.3, 0.4) is 0 Å². The van der Waals surface area contributed by atoms with E-state index in [0.29, 0.717) is 28.5 Å². The van der Waals surface area contributed by atoms with E-state index in [1.807, 2.05) is 30.3 Å². The number of benzene rings is 3. The zero-order valence-corrected chi connectivity index (χ0v) is 19.9. The highest BCUT2D eigenvalue weighted by Gasteiger charge is 2.27. The van der Waals surface area contributed by atoms with Crippen molar-refractivity contribution in [2.24, 2.45) is 0 Å². The van der Waals surface area contributed by atoms with Crippen molar-refractivity contribution < 1.29 is 23.1 Å². The van der Waals surface area contributed by atoms with E-state index in [0.717, 1.165) is 30.2 Å². The summed E-state index contributed by atoms with van der Waals surface area (Å²) < 4.78 is 34.7. The molecule has 0 spiro atoms. The molecule has 0 aliphatic heterocycles. The number of rotatable bonds is 9. The van der Waals surface area contributed by atoms with E-state index in [9.17, 15) is 23.2 Å². The van der Waals surface area contributed by atoms with Gasteiger partial charge in [0, 0.05) is 12.1 Å². The van der Waals surface area contributed by atoms with Crippen LogP contribution < -0.4 is 15.3 Å². The number of nitrogens with zero attached hydrogens (tertiary/aromatic N) is 5. The Morgan fingerprint density at radius 3 is 2.41 bits per heavy atom. The van der Waals surface area contributed by atoms with Crippen LogP contribution in [0.1, 0.15) is 28.8 Å². The van der Waals surface area contributed by atoms with Crippen molar-refractivity contribution in [1.29, 1.82) is 0 Å². The monoisotopic (exact) mass is 507 g/mol. The van der Waals surface area contributed by atoms with Gasteiger partial charge in [-0.05, 0) is 65.6 Å². The van der Waals surface area contributed by atoms with Crippen LogP contribution in [0.5, 0.6) is 5.75 Å². The normalized spacial score (nSPS) is 10.8. The summed E-state index contributed by atoms with van der Waals surface area (Å²) in [5.74, 6) is -1.80. The van der Waals surface area contributed by atoms with Gasteiger partial charge >= 0.3 is 11.7 Å². The second-order valence-corrected chi connectivity index (χ2v) is 8.08. The first-order valence-corrected chi connectivity index (χ1v) is 11.4. The predicted molar refractivity (Wildman–Crippen MR) is 131 cm³/mol. The Morgan fingerprint density at radius 2 is 1.73 bits per heavy atom. The van der Waals surface area contributed by atoms with Crippen molar-refractivity contribution in [2.75, 3.05) is 18.6 Å². The van der Waals surface area contributed by atoms with Crippen LogP contribution in [-0.2, 0) is 6.42 Å². The molecule has 11 heteroatoms.